The molecule has 37 heavy (non-hydrogen) atoms. The summed E-state index contributed by atoms with van der Waals surface area (Å²) in [5, 5.41) is 14.4. The van der Waals surface area contributed by atoms with Gasteiger partial charge in [-0.2, -0.15) is 5.10 Å². The highest BCUT2D eigenvalue weighted by Gasteiger charge is 2.26. The van der Waals surface area contributed by atoms with E-state index in [1.54, 1.807) is 22.9 Å². The summed E-state index contributed by atoms with van der Waals surface area (Å²) in [6.07, 6.45) is 5.55. The van der Waals surface area contributed by atoms with E-state index in [1.807, 2.05) is 43.0 Å². The van der Waals surface area contributed by atoms with Gasteiger partial charge in [0, 0.05) is 30.3 Å². The normalized spacial score (nSPS) is 10.8. The number of para-hydroxylation sites is 1. The number of aromatic carboxylic acids is 1. The first-order valence-corrected chi connectivity index (χ1v) is 13.1. The molecule has 0 bridgehead atoms. The Labute approximate surface area is 227 Å². The minimum Gasteiger partial charge on any atom is -0.478 e. The number of benzene rings is 2. The summed E-state index contributed by atoms with van der Waals surface area (Å²) < 4.78 is 1.70. The third-order valence-electron chi connectivity index (χ3n) is 6.82. The van der Waals surface area contributed by atoms with E-state index in [-0.39, 0.29) is 29.8 Å². The molecule has 0 saturated carbocycles. The molecule has 0 unspecified atom stereocenters. The molecule has 0 aliphatic heterocycles. The first-order valence-electron chi connectivity index (χ1n) is 13.1. The van der Waals surface area contributed by atoms with Crippen LogP contribution in [0.1, 0.15) is 78.8 Å². The molecule has 0 spiro atoms. The number of carboxylic acids is 1. The van der Waals surface area contributed by atoms with Crippen molar-refractivity contribution in [3.8, 4) is 5.69 Å². The Morgan fingerprint density at radius 1 is 0.973 bits per heavy atom. The molecule has 3 rings (SSSR count). The molecule has 1 N–H and O–H groups in total. The van der Waals surface area contributed by atoms with E-state index in [4.69, 9.17) is 5.10 Å². The highest BCUT2D eigenvalue weighted by Crippen LogP contribution is 2.25. The van der Waals surface area contributed by atoms with E-state index in [9.17, 15) is 14.7 Å². The number of carbonyl (C=O) groups is 2. The number of aryl methyl sites for hydroxylation is 2. The Balaban J connectivity index is 0.00000481. The summed E-state index contributed by atoms with van der Waals surface area (Å²) in [6, 6.07) is 17.3. The number of amides is 1. The summed E-state index contributed by atoms with van der Waals surface area (Å²) >= 11 is 0. The molecule has 0 aliphatic rings. The van der Waals surface area contributed by atoms with Crippen LogP contribution in [0.3, 0.4) is 0 Å². The first-order chi connectivity index (χ1) is 17.4. The van der Waals surface area contributed by atoms with Gasteiger partial charge in [-0.1, -0.05) is 69.2 Å². The number of hydrogen-bond acceptors (Lipinski definition) is 3. The largest absolute Gasteiger partial charge is 0.478 e. The first kappa shape index (κ1) is 30.1. The van der Waals surface area contributed by atoms with Crippen LogP contribution in [0.4, 0.5) is 0 Å². The fourth-order valence-corrected chi connectivity index (χ4v) is 4.90. The van der Waals surface area contributed by atoms with Crippen molar-refractivity contribution in [1.82, 2.24) is 14.7 Å². The molecule has 1 aromatic heterocycles. The fourth-order valence-electron chi connectivity index (χ4n) is 4.90. The summed E-state index contributed by atoms with van der Waals surface area (Å²) in [5.74, 6) is -0.747. The van der Waals surface area contributed by atoms with Crippen molar-refractivity contribution < 1.29 is 14.7 Å². The Morgan fingerprint density at radius 2 is 1.59 bits per heavy atom. The van der Waals surface area contributed by atoms with Gasteiger partial charge >= 0.3 is 5.97 Å². The number of carboxylic acid groups (broad SMARTS) is 1. The Bertz CT molecular complexity index is 1150. The SMILES string of the molecule is CCCC(CCC)C(=O)N(CCCc1ccccc1)Cc1c(C)nn(-c2ccccc2C(=O)O)c1C.Cl. The van der Waals surface area contributed by atoms with Gasteiger partial charge in [0.2, 0.25) is 5.91 Å². The van der Waals surface area contributed by atoms with Gasteiger partial charge < -0.3 is 10.0 Å². The minimum absolute atomic E-state index is 0. The highest BCUT2D eigenvalue weighted by molar-refractivity contribution is 5.91. The third kappa shape index (κ3) is 7.68. The van der Waals surface area contributed by atoms with E-state index >= 15 is 0 Å². The predicted octanol–water partition coefficient (Wildman–Crippen LogP) is 6.79. The van der Waals surface area contributed by atoms with Crippen molar-refractivity contribution in [2.24, 2.45) is 5.92 Å². The molecule has 2 aromatic carbocycles. The second-order valence-corrected chi connectivity index (χ2v) is 9.51. The number of nitrogens with zero attached hydrogens (tertiary/aromatic N) is 3. The van der Waals surface area contributed by atoms with Crippen LogP contribution in [0.15, 0.2) is 54.6 Å². The number of hydrogen-bond donors (Lipinski definition) is 1. The van der Waals surface area contributed by atoms with Crippen LogP contribution in [0.2, 0.25) is 0 Å². The van der Waals surface area contributed by atoms with Crippen LogP contribution in [0.25, 0.3) is 5.69 Å². The molecule has 6 nitrogen and oxygen atoms in total. The number of carbonyl (C=O) groups excluding carboxylic acids is 1. The lowest BCUT2D eigenvalue weighted by Gasteiger charge is -2.28. The molecule has 200 valence electrons. The quantitative estimate of drug-likeness (QED) is 0.266. The van der Waals surface area contributed by atoms with Crippen molar-refractivity contribution in [1.29, 1.82) is 0 Å². The van der Waals surface area contributed by atoms with Gasteiger partial charge in [0.25, 0.3) is 0 Å². The molecule has 0 radical (unpaired) electrons. The highest BCUT2D eigenvalue weighted by atomic mass is 35.5. The summed E-state index contributed by atoms with van der Waals surface area (Å²) in [5.41, 5.74) is 4.68. The van der Waals surface area contributed by atoms with Crippen LogP contribution < -0.4 is 0 Å². The van der Waals surface area contributed by atoms with Crippen molar-refractivity contribution in [3.05, 3.63) is 82.7 Å². The minimum atomic E-state index is -0.987. The fraction of sp³-hybridized carbons (Fsp3) is 0.433. The zero-order valence-electron chi connectivity index (χ0n) is 22.4. The van der Waals surface area contributed by atoms with Crippen LogP contribution >= 0.6 is 12.4 Å². The van der Waals surface area contributed by atoms with Crippen LogP contribution in [-0.2, 0) is 17.8 Å². The molecule has 0 saturated heterocycles. The van der Waals surface area contributed by atoms with Crippen molar-refractivity contribution >= 4 is 24.3 Å². The van der Waals surface area contributed by atoms with E-state index in [0.29, 0.717) is 18.8 Å². The van der Waals surface area contributed by atoms with E-state index in [1.165, 1.54) is 5.56 Å². The van der Waals surface area contributed by atoms with Crippen molar-refractivity contribution in [2.75, 3.05) is 6.54 Å². The Kier molecular flexibility index (Phi) is 11.9. The Morgan fingerprint density at radius 3 is 2.22 bits per heavy atom. The molecule has 1 heterocycles. The zero-order chi connectivity index (χ0) is 26.1. The topological polar surface area (TPSA) is 75.4 Å². The smallest absolute Gasteiger partial charge is 0.337 e. The molecule has 1 amide bonds. The second-order valence-electron chi connectivity index (χ2n) is 9.51. The molecular formula is C30H40ClN3O3. The van der Waals surface area contributed by atoms with Gasteiger partial charge in [0.15, 0.2) is 0 Å². The molecule has 0 atom stereocenters. The van der Waals surface area contributed by atoms with Crippen molar-refractivity contribution in [3.63, 3.8) is 0 Å². The van der Waals surface area contributed by atoms with Crippen molar-refractivity contribution in [2.45, 2.75) is 72.8 Å². The summed E-state index contributed by atoms with van der Waals surface area (Å²) in [4.78, 5) is 27.5. The van der Waals surface area contributed by atoms with E-state index in [2.05, 4.69) is 26.0 Å². The van der Waals surface area contributed by atoms with Gasteiger partial charge in [0.1, 0.15) is 0 Å². The summed E-state index contributed by atoms with van der Waals surface area (Å²) in [6.45, 7) is 9.31. The maximum Gasteiger partial charge on any atom is 0.337 e. The number of halogens is 1. The molecule has 3 aromatic rings. The molecule has 0 fully saturated rings. The molecule has 7 heteroatoms. The van der Waals surface area contributed by atoms with Gasteiger partial charge in [-0.25, -0.2) is 9.48 Å². The zero-order valence-corrected chi connectivity index (χ0v) is 23.3. The van der Waals surface area contributed by atoms with E-state index in [0.717, 1.165) is 55.5 Å². The van der Waals surface area contributed by atoms with Crippen LogP contribution in [-0.4, -0.2) is 38.2 Å². The lowest BCUT2D eigenvalue weighted by atomic mass is 9.96. The van der Waals surface area contributed by atoms with Gasteiger partial charge in [-0.15, -0.1) is 12.4 Å². The van der Waals surface area contributed by atoms with Crippen LogP contribution in [0.5, 0.6) is 0 Å². The third-order valence-corrected chi connectivity index (χ3v) is 6.82. The van der Waals surface area contributed by atoms with Gasteiger partial charge in [0.05, 0.1) is 16.9 Å². The molecular weight excluding hydrogens is 486 g/mol. The van der Waals surface area contributed by atoms with Crippen LogP contribution in [0, 0.1) is 19.8 Å². The Hall–Kier alpha value is -3.12. The molecule has 0 aliphatic carbocycles. The average molecular weight is 526 g/mol. The number of aromatic nitrogens is 2. The van der Waals surface area contributed by atoms with Gasteiger partial charge in [-0.05, 0) is 57.2 Å². The number of rotatable bonds is 13. The standard InChI is InChI=1S/C30H39N3O3.ClH/c1-5-13-25(14-6-2)29(34)32(20-12-17-24-15-8-7-9-16-24)21-27-22(3)31-33(23(27)4)28-19-11-10-18-26(28)30(35)36;/h7-11,15-16,18-19,25H,5-6,12-14,17,20-21H2,1-4H3,(H,35,36);1H. The lowest BCUT2D eigenvalue weighted by Crippen LogP contribution is -2.37. The second kappa shape index (κ2) is 14.6. The summed E-state index contributed by atoms with van der Waals surface area (Å²) in [7, 11) is 0. The van der Waals surface area contributed by atoms with E-state index < -0.39 is 5.97 Å². The maximum atomic E-state index is 13.7. The average Bonchev–Trinajstić information content (AvgIpc) is 3.16. The predicted molar refractivity (Wildman–Crippen MR) is 151 cm³/mol. The monoisotopic (exact) mass is 525 g/mol. The maximum absolute atomic E-state index is 13.7. The van der Waals surface area contributed by atoms with Gasteiger partial charge in [-0.3, -0.25) is 4.79 Å². The lowest BCUT2D eigenvalue weighted by molar-refractivity contribution is -0.136.